The van der Waals surface area contributed by atoms with Crippen molar-refractivity contribution in [2.45, 2.75) is 25.7 Å². The number of aromatic nitrogens is 2. The summed E-state index contributed by atoms with van der Waals surface area (Å²) >= 11 is 0. The zero-order valence-electron chi connectivity index (χ0n) is 16.5. The van der Waals surface area contributed by atoms with E-state index in [1.165, 1.54) is 5.56 Å². The normalized spacial score (nSPS) is 15.0. The number of benzene rings is 1. The number of piperidine rings is 1. The third kappa shape index (κ3) is 3.22. The van der Waals surface area contributed by atoms with Crippen molar-refractivity contribution in [3.8, 4) is 17.2 Å². The zero-order valence-corrected chi connectivity index (χ0v) is 16.5. The Kier molecular flexibility index (Phi) is 4.50. The van der Waals surface area contributed by atoms with Crippen molar-refractivity contribution in [3.05, 3.63) is 65.5 Å². The van der Waals surface area contributed by atoms with Crippen molar-refractivity contribution in [1.29, 1.82) is 0 Å². The van der Waals surface area contributed by atoms with Crippen LogP contribution >= 0.6 is 0 Å². The van der Waals surface area contributed by atoms with Crippen LogP contribution in [0.25, 0.3) is 22.6 Å². The number of aromatic hydroxyl groups is 1. The van der Waals surface area contributed by atoms with E-state index in [9.17, 15) is 9.90 Å². The lowest BCUT2D eigenvalue weighted by atomic mass is 9.89. The Morgan fingerprint density at radius 1 is 1.17 bits per heavy atom. The summed E-state index contributed by atoms with van der Waals surface area (Å²) in [6.45, 7) is 3.14. The van der Waals surface area contributed by atoms with Gasteiger partial charge in [0, 0.05) is 13.1 Å². The van der Waals surface area contributed by atoms with Gasteiger partial charge >= 0.3 is 0 Å². The number of furan rings is 1. The molecule has 1 saturated heterocycles. The minimum Gasteiger partial charge on any atom is -0.508 e. The molecule has 0 aliphatic carbocycles. The standard InChI is InChI=1S/C23H21N3O4/c1-14-21-18(13-19(20-3-2-12-29-20)24-22(21)30-25-14)23(28)26-10-8-16(9-11-26)15-4-6-17(27)7-5-15/h2-7,12-13,16,27H,8-11H2,1H3. The smallest absolute Gasteiger partial charge is 0.259 e. The molecule has 7 heteroatoms. The van der Waals surface area contributed by atoms with Crippen LogP contribution in [0.15, 0.2) is 57.7 Å². The second-order valence-electron chi connectivity index (χ2n) is 7.64. The number of nitrogens with zero attached hydrogens (tertiary/aromatic N) is 3. The van der Waals surface area contributed by atoms with Crippen molar-refractivity contribution in [2.24, 2.45) is 0 Å². The summed E-state index contributed by atoms with van der Waals surface area (Å²) in [6, 6.07) is 12.7. The zero-order chi connectivity index (χ0) is 20.7. The van der Waals surface area contributed by atoms with Crippen LogP contribution in [0.3, 0.4) is 0 Å². The van der Waals surface area contributed by atoms with Gasteiger partial charge in [-0.25, -0.2) is 4.98 Å². The third-order valence-electron chi connectivity index (χ3n) is 5.77. The SMILES string of the molecule is Cc1noc2nc(-c3ccco3)cc(C(=O)N3CCC(c4ccc(O)cc4)CC3)c12. The highest BCUT2D eigenvalue weighted by molar-refractivity contribution is 6.06. The van der Waals surface area contributed by atoms with E-state index >= 15 is 0 Å². The molecule has 30 heavy (non-hydrogen) atoms. The minimum atomic E-state index is -0.0503. The first kappa shape index (κ1) is 18.4. The summed E-state index contributed by atoms with van der Waals surface area (Å²) in [5.41, 5.74) is 3.26. The van der Waals surface area contributed by atoms with Gasteiger partial charge in [-0.15, -0.1) is 0 Å². The number of fused-ring (bicyclic) bond motifs is 1. The molecule has 1 N–H and O–H groups in total. The number of carbonyl (C=O) groups excluding carboxylic acids is 1. The number of carbonyl (C=O) groups is 1. The Morgan fingerprint density at radius 3 is 2.63 bits per heavy atom. The summed E-state index contributed by atoms with van der Waals surface area (Å²) in [4.78, 5) is 19.8. The van der Waals surface area contributed by atoms with Crippen LogP contribution in [0, 0.1) is 6.92 Å². The maximum Gasteiger partial charge on any atom is 0.259 e. The molecule has 4 heterocycles. The number of aryl methyl sites for hydroxylation is 1. The summed E-state index contributed by atoms with van der Waals surface area (Å²) < 4.78 is 10.8. The number of phenols is 1. The molecule has 0 spiro atoms. The van der Waals surface area contributed by atoms with E-state index in [0.29, 0.717) is 52.8 Å². The number of amides is 1. The minimum absolute atomic E-state index is 0.0503. The van der Waals surface area contributed by atoms with Gasteiger partial charge in [-0.05, 0) is 61.6 Å². The topological polar surface area (TPSA) is 92.6 Å². The van der Waals surface area contributed by atoms with Crippen LogP contribution < -0.4 is 0 Å². The van der Waals surface area contributed by atoms with Gasteiger partial charge in [-0.2, -0.15) is 0 Å². The lowest BCUT2D eigenvalue weighted by Gasteiger charge is -2.32. The molecule has 0 atom stereocenters. The molecule has 1 aromatic carbocycles. The van der Waals surface area contributed by atoms with Gasteiger partial charge < -0.3 is 18.9 Å². The Balaban J connectivity index is 1.42. The van der Waals surface area contributed by atoms with Gasteiger partial charge in [0.2, 0.25) is 0 Å². The Morgan fingerprint density at radius 2 is 1.93 bits per heavy atom. The average Bonchev–Trinajstić information content (AvgIpc) is 3.44. The van der Waals surface area contributed by atoms with E-state index in [4.69, 9.17) is 8.94 Å². The van der Waals surface area contributed by atoms with Crippen LogP contribution in [-0.4, -0.2) is 39.1 Å². The highest BCUT2D eigenvalue weighted by atomic mass is 16.5. The maximum atomic E-state index is 13.4. The molecule has 152 valence electrons. The fraction of sp³-hybridized carbons (Fsp3) is 0.261. The number of pyridine rings is 1. The van der Waals surface area contributed by atoms with Crippen molar-refractivity contribution in [3.63, 3.8) is 0 Å². The summed E-state index contributed by atoms with van der Waals surface area (Å²) in [6.07, 6.45) is 3.32. The monoisotopic (exact) mass is 403 g/mol. The molecule has 0 unspecified atom stereocenters. The first-order valence-electron chi connectivity index (χ1n) is 9.99. The van der Waals surface area contributed by atoms with Gasteiger partial charge in [-0.3, -0.25) is 4.79 Å². The number of hydrogen-bond donors (Lipinski definition) is 1. The Bertz CT molecular complexity index is 1190. The number of likely N-dealkylation sites (tertiary alicyclic amines) is 1. The van der Waals surface area contributed by atoms with Gasteiger partial charge in [0.05, 0.1) is 22.9 Å². The second kappa shape index (κ2) is 7.33. The van der Waals surface area contributed by atoms with Crippen LogP contribution in [0.5, 0.6) is 5.75 Å². The van der Waals surface area contributed by atoms with Crippen molar-refractivity contribution >= 4 is 17.0 Å². The lowest BCUT2D eigenvalue weighted by molar-refractivity contribution is 0.0715. The van der Waals surface area contributed by atoms with Crippen LogP contribution in [0.2, 0.25) is 0 Å². The summed E-state index contributed by atoms with van der Waals surface area (Å²) in [7, 11) is 0. The molecule has 0 saturated carbocycles. The summed E-state index contributed by atoms with van der Waals surface area (Å²) in [5.74, 6) is 1.17. The molecular formula is C23H21N3O4. The first-order valence-corrected chi connectivity index (χ1v) is 9.99. The van der Waals surface area contributed by atoms with Crippen LogP contribution in [-0.2, 0) is 0 Å². The second-order valence-corrected chi connectivity index (χ2v) is 7.64. The molecule has 7 nitrogen and oxygen atoms in total. The fourth-order valence-corrected chi connectivity index (χ4v) is 4.15. The quantitative estimate of drug-likeness (QED) is 0.541. The molecule has 5 rings (SSSR count). The third-order valence-corrected chi connectivity index (χ3v) is 5.77. The predicted octanol–water partition coefficient (Wildman–Crippen LogP) is 4.52. The van der Waals surface area contributed by atoms with Crippen LogP contribution in [0.1, 0.15) is 40.4 Å². The highest BCUT2D eigenvalue weighted by Crippen LogP contribution is 2.32. The number of hydrogen-bond acceptors (Lipinski definition) is 6. The molecule has 1 aliphatic heterocycles. The predicted molar refractivity (Wildman–Crippen MR) is 110 cm³/mol. The van der Waals surface area contributed by atoms with Gasteiger partial charge in [0.15, 0.2) is 5.76 Å². The van der Waals surface area contributed by atoms with E-state index in [2.05, 4.69) is 10.1 Å². The summed E-state index contributed by atoms with van der Waals surface area (Å²) in [5, 5.41) is 14.2. The van der Waals surface area contributed by atoms with E-state index in [1.54, 1.807) is 36.6 Å². The van der Waals surface area contributed by atoms with E-state index in [-0.39, 0.29) is 11.7 Å². The van der Waals surface area contributed by atoms with Gasteiger partial charge in [0.25, 0.3) is 11.6 Å². The average molecular weight is 403 g/mol. The lowest BCUT2D eigenvalue weighted by Crippen LogP contribution is -2.38. The molecule has 0 bridgehead atoms. The van der Waals surface area contributed by atoms with Gasteiger partial charge in [0.1, 0.15) is 11.4 Å². The maximum absolute atomic E-state index is 13.4. The largest absolute Gasteiger partial charge is 0.508 e. The van der Waals surface area contributed by atoms with E-state index in [0.717, 1.165) is 12.8 Å². The van der Waals surface area contributed by atoms with Crippen molar-refractivity contribution in [1.82, 2.24) is 15.0 Å². The fourth-order valence-electron chi connectivity index (χ4n) is 4.15. The first-order chi connectivity index (χ1) is 14.6. The van der Waals surface area contributed by atoms with Crippen molar-refractivity contribution < 1.29 is 18.8 Å². The highest BCUT2D eigenvalue weighted by Gasteiger charge is 2.28. The van der Waals surface area contributed by atoms with E-state index in [1.807, 2.05) is 24.0 Å². The number of phenolic OH excluding ortho intramolecular Hbond substituents is 1. The molecule has 1 fully saturated rings. The van der Waals surface area contributed by atoms with Crippen molar-refractivity contribution in [2.75, 3.05) is 13.1 Å². The number of rotatable bonds is 3. The Labute approximate surface area is 172 Å². The molecule has 3 aromatic heterocycles. The molecule has 0 radical (unpaired) electrons. The van der Waals surface area contributed by atoms with Crippen LogP contribution in [0.4, 0.5) is 0 Å². The molecule has 1 amide bonds. The molecular weight excluding hydrogens is 382 g/mol. The Hall–Kier alpha value is -3.61. The molecule has 1 aliphatic rings. The van der Waals surface area contributed by atoms with Gasteiger partial charge in [-0.1, -0.05) is 17.3 Å². The molecule has 4 aromatic rings. The van der Waals surface area contributed by atoms with E-state index < -0.39 is 0 Å².